The van der Waals surface area contributed by atoms with E-state index in [0.717, 1.165) is 16.0 Å². The fourth-order valence-electron chi connectivity index (χ4n) is 3.24. The van der Waals surface area contributed by atoms with Gasteiger partial charge in [-0.15, -0.1) is 0 Å². The molecule has 0 spiro atoms. The molecule has 4 nitrogen and oxygen atoms in total. The van der Waals surface area contributed by atoms with Crippen molar-refractivity contribution in [1.82, 2.24) is 4.90 Å². The number of hydrogen-bond donors (Lipinski definition) is 0. The van der Waals surface area contributed by atoms with Crippen LogP contribution in [0, 0.1) is 37.1 Å². The Bertz CT molecular complexity index is 918. The van der Waals surface area contributed by atoms with E-state index in [2.05, 4.69) is 0 Å². The average Bonchev–Trinajstić information content (AvgIpc) is 2.70. The smallest absolute Gasteiger partial charge is 0.260 e. The first kappa shape index (κ1) is 21.2. The van der Waals surface area contributed by atoms with Crippen LogP contribution in [0.1, 0.15) is 11.1 Å². The molecule has 1 saturated heterocycles. The highest BCUT2D eigenvalue weighted by molar-refractivity contribution is 6.31. The Kier molecular flexibility index (Phi) is 6.21. The number of hydrogen-bond acceptors (Lipinski definition) is 3. The first-order valence-corrected chi connectivity index (χ1v) is 9.32. The molecule has 1 heterocycles. The van der Waals surface area contributed by atoms with E-state index in [9.17, 15) is 22.4 Å². The lowest BCUT2D eigenvalue weighted by Gasteiger charge is -2.36. The molecule has 0 N–H and O–H groups in total. The van der Waals surface area contributed by atoms with Crippen molar-refractivity contribution >= 4 is 23.2 Å². The van der Waals surface area contributed by atoms with Gasteiger partial charge in [-0.05, 0) is 25.5 Å². The number of carbonyl (C=O) groups is 1. The Hall–Kier alpha value is -2.48. The highest BCUT2D eigenvalue weighted by atomic mass is 35.5. The third-order valence-corrected chi connectivity index (χ3v) is 5.15. The Labute approximate surface area is 170 Å². The molecule has 0 bridgehead atoms. The minimum Gasteiger partial charge on any atom is -0.484 e. The van der Waals surface area contributed by atoms with Crippen LogP contribution in [0.4, 0.5) is 23.2 Å². The Morgan fingerprint density at radius 1 is 1.00 bits per heavy atom. The molecule has 0 unspecified atom stereocenters. The zero-order valence-corrected chi connectivity index (χ0v) is 16.6. The molecule has 0 aromatic heterocycles. The van der Waals surface area contributed by atoms with Crippen molar-refractivity contribution in [1.29, 1.82) is 0 Å². The number of ether oxygens (including phenoxy) is 1. The van der Waals surface area contributed by atoms with E-state index in [1.807, 2.05) is 26.0 Å². The number of aryl methyl sites for hydroxylation is 2. The number of rotatable bonds is 4. The first-order valence-electron chi connectivity index (χ1n) is 8.95. The van der Waals surface area contributed by atoms with E-state index >= 15 is 0 Å². The number of amides is 1. The van der Waals surface area contributed by atoms with Gasteiger partial charge in [0.25, 0.3) is 5.91 Å². The predicted octanol–water partition coefficient (Wildman–Crippen LogP) is 4.24. The zero-order valence-electron chi connectivity index (χ0n) is 15.9. The fourth-order valence-corrected chi connectivity index (χ4v) is 3.41. The molecule has 1 aliphatic heterocycles. The number of benzene rings is 2. The van der Waals surface area contributed by atoms with Crippen molar-refractivity contribution in [2.75, 3.05) is 37.7 Å². The van der Waals surface area contributed by atoms with Crippen LogP contribution in [0.15, 0.2) is 18.2 Å². The number of piperazine rings is 1. The lowest BCUT2D eigenvalue weighted by molar-refractivity contribution is -0.133. The molecule has 1 aliphatic rings. The topological polar surface area (TPSA) is 32.8 Å². The van der Waals surface area contributed by atoms with Gasteiger partial charge >= 0.3 is 0 Å². The molecule has 0 radical (unpaired) electrons. The Balaban J connectivity index is 1.63. The Morgan fingerprint density at radius 3 is 2.14 bits per heavy atom. The number of nitrogens with zero attached hydrogens (tertiary/aromatic N) is 2. The predicted molar refractivity (Wildman–Crippen MR) is 101 cm³/mol. The van der Waals surface area contributed by atoms with Crippen LogP contribution in [0.25, 0.3) is 0 Å². The van der Waals surface area contributed by atoms with Gasteiger partial charge in [0.1, 0.15) is 16.5 Å². The van der Waals surface area contributed by atoms with E-state index in [-0.39, 0.29) is 38.7 Å². The van der Waals surface area contributed by atoms with Gasteiger partial charge in [-0.1, -0.05) is 29.3 Å². The van der Waals surface area contributed by atoms with Gasteiger partial charge in [-0.2, -0.15) is 0 Å². The van der Waals surface area contributed by atoms with Crippen LogP contribution in [0.2, 0.25) is 5.02 Å². The summed E-state index contributed by atoms with van der Waals surface area (Å²) in [5.74, 6) is -6.07. The molecular weight excluding hydrogens is 412 g/mol. The van der Waals surface area contributed by atoms with Gasteiger partial charge in [-0.25, -0.2) is 17.6 Å². The third-order valence-electron chi connectivity index (χ3n) is 4.82. The van der Waals surface area contributed by atoms with Crippen LogP contribution in [0.5, 0.6) is 5.75 Å². The fraction of sp³-hybridized carbons (Fsp3) is 0.350. The second-order valence-electron chi connectivity index (χ2n) is 6.84. The lowest BCUT2D eigenvalue weighted by atomic mass is 10.1. The molecule has 1 fully saturated rings. The van der Waals surface area contributed by atoms with E-state index in [0.29, 0.717) is 5.75 Å². The summed E-state index contributed by atoms with van der Waals surface area (Å²) >= 11 is 5.25. The molecule has 3 rings (SSSR count). The second-order valence-corrected chi connectivity index (χ2v) is 7.22. The van der Waals surface area contributed by atoms with Crippen molar-refractivity contribution in [3.63, 3.8) is 0 Å². The van der Waals surface area contributed by atoms with E-state index < -0.39 is 34.0 Å². The highest BCUT2D eigenvalue weighted by Gasteiger charge is 2.30. The molecule has 0 aliphatic carbocycles. The maximum absolute atomic E-state index is 14.1. The van der Waals surface area contributed by atoms with Crippen molar-refractivity contribution in [3.05, 3.63) is 57.6 Å². The largest absolute Gasteiger partial charge is 0.484 e. The van der Waals surface area contributed by atoms with Gasteiger partial charge in [0, 0.05) is 26.2 Å². The molecule has 2 aromatic carbocycles. The van der Waals surface area contributed by atoms with Crippen LogP contribution in [-0.2, 0) is 4.79 Å². The quantitative estimate of drug-likeness (QED) is 0.413. The summed E-state index contributed by atoms with van der Waals surface area (Å²) in [5.41, 5.74) is 1.16. The van der Waals surface area contributed by atoms with Crippen LogP contribution in [-0.4, -0.2) is 43.6 Å². The zero-order chi connectivity index (χ0) is 21.3. The standard InChI is InChI=1S/C20H19ClF4N2O2/c1-11-3-4-13(12(2)9-11)29-10-14(28)26-5-7-27(8-6-26)20-18(24)16(22)15(21)17(23)19(20)25/h3-4,9H,5-8,10H2,1-2H3. The molecule has 156 valence electrons. The molecule has 29 heavy (non-hydrogen) atoms. The number of carbonyl (C=O) groups excluding carboxylic acids is 1. The summed E-state index contributed by atoms with van der Waals surface area (Å²) in [4.78, 5) is 15.0. The molecular formula is C20H19ClF4N2O2. The van der Waals surface area contributed by atoms with E-state index in [1.165, 1.54) is 4.90 Å². The highest BCUT2D eigenvalue weighted by Crippen LogP contribution is 2.33. The van der Waals surface area contributed by atoms with Crippen molar-refractivity contribution in [2.24, 2.45) is 0 Å². The first-order chi connectivity index (χ1) is 13.7. The third kappa shape index (κ3) is 4.27. The summed E-state index contributed by atoms with van der Waals surface area (Å²) in [6.45, 7) is 3.90. The minimum atomic E-state index is -1.64. The van der Waals surface area contributed by atoms with Crippen LogP contribution >= 0.6 is 11.6 Å². The maximum atomic E-state index is 14.1. The summed E-state index contributed by atoms with van der Waals surface area (Å²) in [6.07, 6.45) is 0. The maximum Gasteiger partial charge on any atom is 0.260 e. The molecule has 1 amide bonds. The molecule has 9 heteroatoms. The van der Waals surface area contributed by atoms with Crippen LogP contribution < -0.4 is 9.64 Å². The van der Waals surface area contributed by atoms with Gasteiger partial charge in [0.15, 0.2) is 29.9 Å². The van der Waals surface area contributed by atoms with Gasteiger partial charge in [0.2, 0.25) is 0 Å². The van der Waals surface area contributed by atoms with E-state index in [4.69, 9.17) is 16.3 Å². The lowest BCUT2D eigenvalue weighted by Crippen LogP contribution is -2.50. The molecule has 0 saturated carbocycles. The number of halogens is 5. The summed E-state index contributed by atoms with van der Waals surface area (Å²) < 4.78 is 61.2. The summed E-state index contributed by atoms with van der Waals surface area (Å²) in [6, 6.07) is 5.59. The van der Waals surface area contributed by atoms with Gasteiger partial charge < -0.3 is 14.5 Å². The monoisotopic (exact) mass is 430 g/mol. The van der Waals surface area contributed by atoms with Crippen molar-refractivity contribution in [2.45, 2.75) is 13.8 Å². The van der Waals surface area contributed by atoms with Gasteiger partial charge in [0.05, 0.1) is 0 Å². The molecule has 0 atom stereocenters. The van der Waals surface area contributed by atoms with Crippen LogP contribution in [0.3, 0.4) is 0 Å². The minimum absolute atomic E-state index is 0.00362. The Morgan fingerprint density at radius 2 is 1.59 bits per heavy atom. The molecule has 2 aromatic rings. The van der Waals surface area contributed by atoms with Crippen molar-refractivity contribution in [3.8, 4) is 5.75 Å². The SMILES string of the molecule is Cc1ccc(OCC(=O)N2CCN(c3c(F)c(F)c(Cl)c(F)c3F)CC2)c(C)c1. The number of anilines is 1. The van der Waals surface area contributed by atoms with E-state index in [1.54, 1.807) is 6.07 Å². The van der Waals surface area contributed by atoms with Gasteiger partial charge in [-0.3, -0.25) is 4.79 Å². The summed E-state index contributed by atoms with van der Waals surface area (Å²) in [7, 11) is 0. The summed E-state index contributed by atoms with van der Waals surface area (Å²) in [5, 5.41) is -1.22. The second kappa shape index (κ2) is 8.49. The average molecular weight is 431 g/mol. The van der Waals surface area contributed by atoms with Crippen molar-refractivity contribution < 1.29 is 27.1 Å². The normalized spacial score (nSPS) is 14.3.